The van der Waals surface area contributed by atoms with Gasteiger partial charge in [-0.25, -0.2) is 0 Å². The van der Waals surface area contributed by atoms with Crippen LogP contribution < -0.4 is 0 Å². The first-order chi connectivity index (χ1) is 10.6. The van der Waals surface area contributed by atoms with Crippen molar-refractivity contribution in [1.82, 2.24) is 0 Å². The highest BCUT2D eigenvalue weighted by Gasteiger charge is 2.16. The third-order valence-electron chi connectivity index (χ3n) is 4.07. The second kappa shape index (κ2) is 5.52. The Morgan fingerprint density at radius 2 is 1.35 bits per heavy atom. The topological polar surface area (TPSA) is 13.1 Å². The summed E-state index contributed by atoms with van der Waals surface area (Å²) in [5.74, 6) is 0. The van der Waals surface area contributed by atoms with Crippen LogP contribution in [0, 0.1) is 5.41 Å². The van der Waals surface area contributed by atoms with Crippen molar-refractivity contribution < 1.29 is 4.42 Å². The van der Waals surface area contributed by atoms with Crippen molar-refractivity contribution in [3.8, 4) is 0 Å². The Morgan fingerprint density at radius 3 is 1.87 bits per heavy atom. The van der Waals surface area contributed by atoms with Gasteiger partial charge >= 0.3 is 0 Å². The molecule has 0 spiro atoms. The lowest BCUT2D eigenvalue weighted by Gasteiger charge is -2.17. The van der Waals surface area contributed by atoms with Gasteiger partial charge in [-0.15, -0.1) is 0 Å². The van der Waals surface area contributed by atoms with Crippen LogP contribution >= 0.6 is 0 Å². The summed E-state index contributed by atoms with van der Waals surface area (Å²) in [4.78, 5) is 0. The number of hydrogen-bond donors (Lipinski definition) is 0. The average molecular weight is 325 g/mol. The molecule has 3 aromatic rings. The molecule has 0 saturated heterocycles. The zero-order chi connectivity index (χ0) is 16.8. The average Bonchev–Trinajstić information content (AvgIpc) is 2.71. The number of hydrogen-bond acceptors (Lipinski definition) is 1. The maximum Gasteiger partial charge on any atom is 0.135 e. The van der Waals surface area contributed by atoms with Gasteiger partial charge in [-0.3, -0.25) is 0 Å². The highest BCUT2D eigenvalue weighted by atomic mass is 28.3. The molecule has 0 bridgehead atoms. The molecule has 0 radical (unpaired) electrons. The van der Waals surface area contributed by atoms with E-state index in [0.717, 1.165) is 17.6 Å². The first-order valence-corrected chi connectivity index (χ1v) is 12.3. The van der Waals surface area contributed by atoms with E-state index >= 15 is 0 Å². The zero-order valence-electron chi connectivity index (χ0n) is 15.3. The van der Waals surface area contributed by atoms with Gasteiger partial charge in [-0.2, -0.15) is 0 Å². The Morgan fingerprint density at radius 1 is 0.826 bits per heavy atom. The van der Waals surface area contributed by atoms with Crippen molar-refractivity contribution in [3.63, 3.8) is 0 Å². The van der Waals surface area contributed by atoms with E-state index in [9.17, 15) is 0 Å². The molecule has 1 heterocycles. The summed E-state index contributed by atoms with van der Waals surface area (Å²) in [6.07, 6.45) is 1.07. The number of fused-ring (bicyclic) bond motifs is 3. The normalized spacial score (nSPS) is 13.1. The summed E-state index contributed by atoms with van der Waals surface area (Å²) in [6.45, 7) is 14.1. The summed E-state index contributed by atoms with van der Waals surface area (Å²) in [5, 5.41) is 2.47. The molecule has 0 aliphatic heterocycles. The van der Waals surface area contributed by atoms with Crippen LogP contribution in [0.3, 0.4) is 0 Å². The van der Waals surface area contributed by atoms with E-state index in [-0.39, 0.29) is 0 Å². The minimum absolute atomic E-state index is 0.296. The number of furan rings is 1. The molecule has 2 heteroatoms. The van der Waals surface area contributed by atoms with Crippen LogP contribution in [0.2, 0.25) is 19.6 Å². The predicted octanol–water partition coefficient (Wildman–Crippen LogP) is 6.59. The Labute approximate surface area is 140 Å². The molecule has 122 valence electrons. The van der Waals surface area contributed by atoms with Gasteiger partial charge in [0.15, 0.2) is 0 Å². The van der Waals surface area contributed by atoms with Gasteiger partial charge in [0.05, 0.1) is 0 Å². The molecule has 0 aliphatic carbocycles. The molecular formula is C21H28OSi. The Balaban J connectivity index is 2.03. The summed E-state index contributed by atoms with van der Waals surface area (Å²) in [7, 11) is -1.10. The first-order valence-electron chi connectivity index (χ1n) is 8.55. The Kier molecular flexibility index (Phi) is 3.92. The zero-order valence-corrected chi connectivity index (χ0v) is 16.3. The van der Waals surface area contributed by atoms with E-state index in [4.69, 9.17) is 4.42 Å². The summed E-state index contributed by atoms with van der Waals surface area (Å²) < 4.78 is 6.18. The third kappa shape index (κ3) is 3.87. The van der Waals surface area contributed by atoms with Crippen molar-refractivity contribution in [2.45, 2.75) is 52.9 Å². The Hall–Kier alpha value is -1.54. The van der Waals surface area contributed by atoms with Crippen LogP contribution in [0.25, 0.3) is 21.9 Å². The van der Waals surface area contributed by atoms with Crippen LogP contribution in [0.1, 0.15) is 31.9 Å². The van der Waals surface area contributed by atoms with Gasteiger partial charge < -0.3 is 4.42 Å². The van der Waals surface area contributed by atoms with E-state index < -0.39 is 8.07 Å². The van der Waals surface area contributed by atoms with Crippen molar-refractivity contribution in [3.05, 3.63) is 47.5 Å². The predicted molar refractivity (Wildman–Crippen MR) is 104 cm³/mol. The molecule has 0 unspecified atom stereocenters. The first kappa shape index (κ1) is 16.3. The maximum absolute atomic E-state index is 6.18. The highest BCUT2D eigenvalue weighted by Crippen LogP contribution is 2.32. The lowest BCUT2D eigenvalue weighted by Crippen LogP contribution is -2.23. The molecule has 1 nitrogen and oxygen atoms in total. The molecule has 0 saturated carbocycles. The van der Waals surface area contributed by atoms with Gasteiger partial charge in [0.25, 0.3) is 0 Å². The maximum atomic E-state index is 6.18. The Bertz CT molecular complexity index is 774. The van der Waals surface area contributed by atoms with Crippen LogP contribution in [0.15, 0.2) is 40.8 Å². The van der Waals surface area contributed by atoms with Crippen molar-refractivity contribution >= 4 is 30.0 Å². The molecule has 23 heavy (non-hydrogen) atoms. The largest absolute Gasteiger partial charge is 0.456 e. The minimum Gasteiger partial charge on any atom is -0.456 e. The fraction of sp³-hybridized carbons (Fsp3) is 0.429. The lowest BCUT2D eigenvalue weighted by molar-refractivity contribution is 0.411. The van der Waals surface area contributed by atoms with Crippen LogP contribution in [-0.4, -0.2) is 8.07 Å². The van der Waals surface area contributed by atoms with Crippen molar-refractivity contribution in [2.75, 3.05) is 0 Å². The van der Waals surface area contributed by atoms with Gasteiger partial charge in [0.2, 0.25) is 0 Å². The van der Waals surface area contributed by atoms with Gasteiger partial charge in [0, 0.05) is 18.8 Å². The highest BCUT2D eigenvalue weighted by molar-refractivity contribution is 6.75. The monoisotopic (exact) mass is 324 g/mol. The van der Waals surface area contributed by atoms with E-state index in [1.54, 1.807) is 0 Å². The summed E-state index contributed by atoms with van der Waals surface area (Å²) in [5.41, 5.74) is 5.11. The standard InChI is InChI=1S/C21H28OSi/c1-21(2,3)13-15-7-9-17-18-10-8-16(14-23(4,5)6)12-20(18)22-19(17)11-15/h7-12H,13-14H2,1-6H3. The molecule has 0 aliphatic rings. The van der Waals surface area contributed by atoms with Crippen LogP contribution in [0.5, 0.6) is 0 Å². The third-order valence-corrected chi connectivity index (χ3v) is 5.54. The summed E-state index contributed by atoms with van der Waals surface area (Å²) >= 11 is 0. The summed E-state index contributed by atoms with van der Waals surface area (Å²) in [6, 6.07) is 14.7. The van der Waals surface area contributed by atoms with Crippen LogP contribution in [-0.2, 0) is 12.5 Å². The fourth-order valence-electron chi connectivity index (χ4n) is 3.31. The molecule has 0 fully saturated rings. The lowest BCUT2D eigenvalue weighted by atomic mass is 9.88. The number of benzene rings is 2. The molecule has 0 N–H and O–H groups in total. The smallest absolute Gasteiger partial charge is 0.135 e. The van der Waals surface area contributed by atoms with Gasteiger partial charge in [-0.05, 0) is 41.1 Å². The van der Waals surface area contributed by atoms with Gasteiger partial charge in [-0.1, -0.05) is 64.7 Å². The van der Waals surface area contributed by atoms with Crippen molar-refractivity contribution in [2.24, 2.45) is 5.41 Å². The minimum atomic E-state index is -1.10. The SMILES string of the molecule is CC(C)(C)Cc1ccc2c(c1)oc1cc(C[Si](C)(C)C)ccc12. The molecule has 0 atom stereocenters. The molecular weight excluding hydrogens is 296 g/mol. The molecule has 1 aromatic heterocycles. The van der Waals surface area contributed by atoms with E-state index in [2.05, 4.69) is 76.8 Å². The van der Waals surface area contributed by atoms with Crippen LogP contribution in [0.4, 0.5) is 0 Å². The molecule has 3 rings (SSSR count). The number of rotatable bonds is 3. The van der Waals surface area contributed by atoms with E-state index in [1.807, 2.05) is 0 Å². The second-order valence-electron chi connectivity index (χ2n) is 9.24. The van der Waals surface area contributed by atoms with Gasteiger partial charge in [0.1, 0.15) is 11.2 Å². The quantitative estimate of drug-likeness (QED) is 0.495. The second-order valence-corrected chi connectivity index (χ2v) is 14.7. The van der Waals surface area contributed by atoms with E-state index in [0.29, 0.717) is 5.41 Å². The molecule has 0 amide bonds. The van der Waals surface area contributed by atoms with Crippen molar-refractivity contribution in [1.29, 1.82) is 0 Å². The fourth-order valence-corrected chi connectivity index (χ4v) is 4.76. The van der Waals surface area contributed by atoms with E-state index in [1.165, 1.54) is 27.9 Å². The molecule has 2 aromatic carbocycles.